The van der Waals surface area contributed by atoms with Crippen LogP contribution in [0.15, 0.2) is 29.6 Å². The van der Waals surface area contributed by atoms with Crippen LogP contribution in [0.3, 0.4) is 0 Å². The number of thiazole rings is 1. The number of amides is 1. The quantitative estimate of drug-likeness (QED) is 0.892. The van der Waals surface area contributed by atoms with Gasteiger partial charge in [0, 0.05) is 30.6 Å². The van der Waals surface area contributed by atoms with E-state index in [1.807, 2.05) is 0 Å². The van der Waals surface area contributed by atoms with Crippen LogP contribution in [0.2, 0.25) is 0 Å². The Kier molecular flexibility index (Phi) is 7.41. The molecule has 1 aliphatic heterocycles. The molecule has 1 saturated heterocycles. The van der Waals surface area contributed by atoms with Crippen molar-refractivity contribution in [3.8, 4) is 10.6 Å². The molecule has 2 heterocycles. The molecular weight excluding hydrogens is 360 g/mol. The van der Waals surface area contributed by atoms with E-state index in [1.54, 1.807) is 35.5 Å². The number of nitrogens with one attached hydrogen (secondary N) is 1. The van der Waals surface area contributed by atoms with Crippen LogP contribution >= 0.6 is 36.2 Å². The van der Waals surface area contributed by atoms with Crippen LogP contribution in [0.4, 0.5) is 4.39 Å². The van der Waals surface area contributed by atoms with E-state index in [9.17, 15) is 9.18 Å². The lowest BCUT2D eigenvalue weighted by Crippen LogP contribution is -2.38. The van der Waals surface area contributed by atoms with Crippen LogP contribution in [-0.2, 0) is 0 Å². The fourth-order valence-corrected chi connectivity index (χ4v) is 3.27. The summed E-state index contributed by atoms with van der Waals surface area (Å²) in [6, 6.07) is 6.68. The number of halogens is 3. The number of hydrogen-bond acceptors (Lipinski definition) is 4. The Morgan fingerprint density at radius 3 is 2.78 bits per heavy atom. The number of carbonyl (C=O) groups excluding carboxylic acids is 1. The summed E-state index contributed by atoms with van der Waals surface area (Å²) in [5.74, 6) is -0.429. The third kappa shape index (κ3) is 4.20. The minimum atomic E-state index is -0.320. The molecule has 4 nitrogen and oxygen atoms in total. The predicted molar refractivity (Wildman–Crippen MR) is 95.4 cm³/mol. The molecule has 1 amide bonds. The predicted octanol–water partition coefficient (Wildman–Crippen LogP) is 3.23. The lowest BCUT2D eigenvalue weighted by molar-refractivity contribution is 0.0739. The van der Waals surface area contributed by atoms with E-state index in [2.05, 4.69) is 10.3 Å². The second-order valence-electron chi connectivity index (χ2n) is 5.08. The fourth-order valence-electron chi connectivity index (χ4n) is 2.45. The number of aromatic nitrogens is 1. The summed E-state index contributed by atoms with van der Waals surface area (Å²) in [5, 5.41) is 5.47. The van der Waals surface area contributed by atoms with Gasteiger partial charge in [-0.3, -0.25) is 4.79 Å². The minimum Gasteiger partial charge on any atom is -0.336 e. The number of likely N-dealkylation sites (N-methyl/N-ethyl adjacent to an activating group) is 1. The van der Waals surface area contributed by atoms with Gasteiger partial charge < -0.3 is 10.2 Å². The highest BCUT2D eigenvalue weighted by atomic mass is 35.5. The van der Waals surface area contributed by atoms with Crippen molar-refractivity contribution < 1.29 is 9.18 Å². The Bertz CT molecular complexity index is 662. The second-order valence-corrected chi connectivity index (χ2v) is 5.94. The molecule has 0 radical (unpaired) electrons. The first-order valence-corrected chi connectivity index (χ1v) is 7.73. The van der Waals surface area contributed by atoms with Gasteiger partial charge in [0.05, 0.1) is 0 Å². The van der Waals surface area contributed by atoms with Crippen LogP contribution in [0.1, 0.15) is 16.9 Å². The van der Waals surface area contributed by atoms with Crippen LogP contribution in [0.5, 0.6) is 0 Å². The zero-order valence-corrected chi connectivity index (χ0v) is 14.9. The molecule has 3 rings (SSSR count). The minimum absolute atomic E-state index is 0. The van der Waals surface area contributed by atoms with E-state index in [-0.39, 0.29) is 42.6 Å². The first-order chi connectivity index (χ1) is 10.2. The van der Waals surface area contributed by atoms with Crippen LogP contribution in [0.25, 0.3) is 10.6 Å². The normalized spacial score (nSPS) is 16.3. The Balaban J connectivity index is 0.00000132. The molecule has 8 heteroatoms. The smallest absolute Gasteiger partial charge is 0.273 e. The topological polar surface area (TPSA) is 45.2 Å². The van der Waals surface area contributed by atoms with Gasteiger partial charge in [0.25, 0.3) is 5.91 Å². The molecule has 0 saturated carbocycles. The van der Waals surface area contributed by atoms with E-state index in [0.29, 0.717) is 16.3 Å². The zero-order valence-electron chi connectivity index (χ0n) is 12.5. The van der Waals surface area contributed by atoms with Gasteiger partial charge in [-0.15, -0.1) is 36.2 Å². The SMILES string of the molecule is CN(C(=O)c1csc(-c2ccccc2F)n1)C1CCNC1.Cl.Cl. The fraction of sp³-hybridized carbons (Fsp3) is 0.333. The Morgan fingerprint density at radius 2 is 2.13 bits per heavy atom. The van der Waals surface area contributed by atoms with Gasteiger partial charge in [0.15, 0.2) is 0 Å². The van der Waals surface area contributed by atoms with Gasteiger partial charge in [0.2, 0.25) is 0 Å². The van der Waals surface area contributed by atoms with Crippen molar-refractivity contribution >= 4 is 42.1 Å². The summed E-state index contributed by atoms with van der Waals surface area (Å²) in [7, 11) is 1.79. The monoisotopic (exact) mass is 377 g/mol. The highest BCUT2D eigenvalue weighted by molar-refractivity contribution is 7.13. The molecule has 0 aliphatic carbocycles. The second kappa shape index (κ2) is 8.59. The molecule has 23 heavy (non-hydrogen) atoms. The summed E-state index contributed by atoms with van der Waals surface area (Å²) < 4.78 is 13.8. The van der Waals surface area contributed by atoms with Crippen molar-refractivity contribution in [3.05, 3.63) is 41.2 Å². The van der Waals surface area contributed by atoms with Crippen LogP contribution in [-0.4, -0.2) is 42.0 Å². The van der Waals surface area contributed by atoms with E-state index >= 15 is 0 Å². The van der Waals surface area contributed by atoms with Crippen molar-refractivity contribution in [3.63, 3.8) is 0 Å². The Labute approximate surface area is 150 Å². The summed E-state index contributed by atoms with van der Waals surface area (Å²) in [4.78, 5) is 18.4. The van der Waals surface area contributed by atoms with Crippen molar-refractivity contribution in [1.82, 2.24) is 15.2 Å². The summed E-state index contributed by atoms with van der Waals surface area (Å²) in [5.41, 5.74) is 0.819. The first kappa shape index (κ1) is 19.8. The number of hydrogen-bond donors (Lipinski definition) is 1. The van der Waals surface area contributed by atoms with Crippen LogP contribution < -0.4 is 5.32 Å². The lowest BCUT2D eigenvalue weighted by atomic mass is 10.2. The largest absolute Gasteiger partial charge is 0.336 e. The molecule has 126 valence electrons. The van der Waals surface area contributed by atoms with Crippen molar-refractivity contribution in [2.45, 2.75) is 12.5 Å². The van der Waals surface area contributed by atoms with Gasteiger partial charge in [-0.25, -0.2) is 9.37 Å². The van der Waals surface area contributed by atoms with Crippen molar-refractivity contribution in [2.24, 2.45) is 0 Å². The van der Waals surface area contributed by atoms with Crippen LogP contribution in [0, 0.1) is 5.82 Å². The first-order valence-electron chi connectivity index (χ1n) is 6.85. The van der Waals surface area contributed by atoms with E-state index < -0.39 is 0 Å². The maximum Gasteiger partial charge on any atom is 0.273 e. The van der Waals surface area contributed by atoms with E-state index in [4.69, 9.17) is 0 Å². The average Bonchev–Trinajstić information content (AvgIpc) is 3.17. The summed E-state index contributed by atoms with van der Waals surface area (Å²) >= 11 is 1.29. The molecule has 1 fully saturated rings. The summed E-state index contributed by atoms with van der Waals surface area (Å²) in [6.45, 7) is 1.74. The number of nitrogens with zero attached hydrogens (tertiary/aromatic N) is 2. The van der Waals surface area contributed by atoms with E-state index in [0.717, 1.165) is 19.5 Å². The molecule has 0 spiro atoms. The average molecular weight is 378 g/mol. The Hall–Kier alpha value is -1.21. The number of rotatable bonds is 3. The third-order valence-electron chi connectivity index (χ3n) is 3.73. The van der Waals surface area contributed by atoms with Crippen molar-refractivity contribution in [2.75, 3.05) is 20.1 Å². The van der Waals surface area contributed by atoms with E-state index in [1.165, 1.54) is 17.4 Å². The zero-order chi connectivity index (χ0) is 14.8. The molecule has 2 aromatic rings. The van der Waals surface area contributed by atoms with Gasteiger partial charge in [0.1, 0.15) is 16.5 Å². The molecule has 1 atom stereocenters. The van der Waals surface area contributed by atoms with Gasteiger partial charge >= 0.3 is 0 Å². The van der Waals surface area contributed by atoms with Gasteiger partial charge in [-0.1, -0.05) is 12.1 Å². The van der Waals surface area contributed by atoms with Gasteiger partial charge in [-0.05, 0) is 25.1 Å². The molecule has 1 aromatic heterocycles. The maximum atomic E-state index is 13.8. The van der Waals surface area contributed by atoms with Crippen molar-refractivity contribution in [1.29, 1.82) is 0 Å². The third-order valence-corrected chi connectivity index (χ3v) is 4.61. The lowest BCUT2D eigenvalue weighted by Gasteiger charge is -2.22. The molecule has 1 aromatic carbocycles. The number of carbonyl (C=O) groups is 1. The van der Waals surface area contributed by atoms with Gasteiger partial charge in [-0.2, -0.15) is 0 Å². The molecule has 0 bridgehead atoms. The molecule has 1 N–H and O–H groups in total. The standard InChI is InChI=1S/C15H16FN3OS.2ClH/c1-19(10-6-7-17-8-10)15(20)13-9-21-14(18-13)11-4-2-3-5-12(11)16;;/h2-5,9-10,17H,6-8H2,1H3;2*1H. The molecule has 1 aliphatic rings. The molecule has 1 unspecified atom stereocenters. The molecular formula is C15H18Cl2FN3OS. The highest BCUT2D eigenvalue weighted by Crippen LogP contribution is 2.26. The maximum absolute atomic E-state index is 13.8. The summed E-state index contributed by atoms with van der Waals surface area (Å²) in [6.07, 6.45) is 0.951. The number of benzene rings is 1. The Morgan fingerprint density at radius 1 is 1.39 bits per heavy atom. The highest BCUT2D eigenvalue weighted by Gasteiger charge is 2.25.